The number of imidazole rings is 1. The molecule has 3 amide bonds. The predicted molar refractivity (Wildman–Crippen MR) is 149 cm³/mol. The van der Waals surface area contributed by atoms with Crippen molar-refractivity contribution >= 4 is 17.7 Å². The highest BCUT2D eigenvalue weighted by Crippen LogP contribution is 2.37. The van der Waals surface area contributed by atoms with Crippen molar-refractivity contribution in [3.05, 3.63) is 64.9 Å². The van der Waals surface area contributed by atoms with Gasteiger partial charge in [-0.3, -0.25) is 14.4 Å². The van der Waals surface area contributed by atoms with Crippen LogP contribution in [0, 0.1) is 5.92 Å². The summed E-state index contributed by atoms with van der Waals surface area (Å²) in [6.45, 7) is 6.65. The smallest absolute Gasteiger partial charge is 0.272 e. The molecule has 1 aromatic carbocycles. The van der Waals surface area contributed by atoms with Gasteiger partial charge in [0.05, 0.1) is 25.5 Å². The van der Waals surface area contributed by atoms with Crippen LogP contribution in [0.25, 0.3) is 0 Å². The first-order chi connectivity index (χ1) is 19.5. The Balaban J connectivity index is 1.50. The van der Waals surface area contributed by atoms with Crippen molar-refractivity contribution in [1.82, 2.24) is 29.8 Å². The van der Waals surface area contributed by atoms with Crippen LogP contribution in [-0.2, 0) is 11.3 Å². The minimum absolute atomic E-state index is 0.0882. The van der Waals surface area contributed by atoms with E-state index in [1.807, 2.05) is 32.9 Å². The number of benzene rings is 1. The number of nitrogens with zero attached hydrogens (tertiary/aromatic N) is 5. The number of aliphatic hydroxyl groups is 1. The molecule has 4 rings (SSSR count). The molecule has 0 aliphatic carbocycles. The van der Waals surface area contributed by atoms with Crippen LogP contribution in [0.3, 0.4) is 0 Å². The number of hydrogen-bond donors (Lipinski definition) is 2. The topological polar surface area (TPSA) is 145 Å². The van der Waals surface area contributed by atoms with Gasteiger partial charge in [-0.25, -0.2) is 4.98 Å². The Morgan fingerprint density at radius 1 is 1.20 bits per heavy atom. The summed E-state index contributed by atoms with van der Waals surface area (Å²) in [5.41, 5.74) is 1.75. The third-order valence-electron chi connectivity index (χ3n) is 7.31. The van der Waals surface area contributed by atoms with Crippen LogP contribution in [0.5, 0.6) is 5.88 Å². The first-order valence-corrected chi connectivity index (χ1v) is 13.7. The maximum absolute atomic E-state index is 13.8. The zero-order chi connectivity index (χ0) is 29.8. The molecule has 1 aliphatic rings. The van der Waals surface area contributed by atoms with Gasteiger partial charge < -0.3 is 34.1 Å². The molecule has 1 saturated heterocycles. The number of aliphatic hydroxyl groups excluding tert-OH is 1. The SMILES string of the molecule is CCN(Cc1ccc(C(=O)N(C)C)cc1)C(=O)c1cnc([C@@H]2C[C@@H](O)CN2C(=O)C(c2cc(OC)no2)C(C)C)[nH]1. The Hall–Kier alpha value is -4.19. The molecule has 2 N–H and O–H groups in total. The zero-order valence-electron chi connectivity index (χ0n) is 24.3. The van der Waals surface area contributed by atoms with Gasteiger partial charge in [0, 0.05) is 51.8 Å². The van der Waals surface area contributed by atoms with Crippen LogP contribution in [0.15, 0.2) is 41.1 Å². The summed E-state index contributed by atoms with van der Waals surface area (Å²) in [4.78, 5) is 51.7. The van der Waals surface area contributed by atoms with Gasteiger partial charge in [-0.15, -0.1) is 0 Å². The molecule has 41 heavy (non-hydrogen) atoms. The minimum atomic E-state index is -0.736. The number of H-pyrrole nitrogens is 1. The number of methoxy groups -OCH3 is 1. The Kier molecular flexibility index (Phi) is 9.11. The van der Waals surface area contributed by atoms with Gasteiger partial charge in [-0.05, 0) is 35.7 Å². The Bertz CT molecular complexity index is 1360. The Morgan fingerprint density at radius 2 is 1.90 bits per heavy atom. The highest BCUT2D eigenvalue weighted by atomic mass is 16.5. The molecule has 12 nitrogen and oxygen atoms in total. The number of ether oxygens (including phenoxy) is 1. The maximum Gasteiger partial charge on any atom is 0.272 e. The summed E-state index contributed by atoms with van der Waals surface area (Å²) in [5.74, 6) is -0.209. The molecule has 0 radical (unpaired) electrons. The van der Waals surface area contributed by atoms with E-state index in [9.17, 15) is 19.5 Å². The van der Waals surface area contributed by atoms with Crippen LogP contribution in [0.2, 0.25) is 0 Å². The second-order valence-corrected chi connectivity index (χ2v) is 10.8. The lowest BCUT2D eigenvalue weighted by atomic mass is 9.91. The molecular weight excluding hydrogens is 528 g/mol. The number of β-amino-alcohol motifs (C(OH)–C–C–N with tert-alkyl or cyclic N) is 1. The van der Waals surface area contributed by atoms with E-state index in [1.165, 1.54) is 18.2 Å². The summed E-state index contributed by atoms with van der Waals surface area (Å²) in [6.07, 6.45) is 1.01. The van der Waals surface area contributed by atoms with E-state index in [2.05, 4.69) is 15.1 Å². The van der Waals surface area contributed by atoms with Gasteiger partial charge in [0.2, 0.25) is 5.91 Å². The fourth-order valence-corrected chi connectivity index (χ4v) is 5.09. The van der Waals surface area contributed by atoms with Gasteiger partial charge >= 0.3 is 0 Å². The molecule has 1 aliphatic heterocycles. The van der Waals surface area contributed by atoms with Crippen LogP contribution in [0.1, 0.15) is 77.1 Å². The summed E-state index contributed by atoms with van der Waals surface area (Å²) in [7, 11) is 4.87. The normalized spacial score (nSPS) is 17.5. The average Bonchev–Trinajstić information content (AvgIpc) is 3.71. The van der Waals surface area contributed by atoms with Crippen molar-refractivity contribution in [2.24, 2.45) is 5.92 Å². The monoisotopic (exact) mass is 566 g/mol. The number of nitrogens with one attached hydrogen (secondary N) is 1. The molecule has 0 bridgehead atoms. The molecule has 1 fully saturated rings. The van der Waals surface area contributed by atoms with Crippen LogP contribution >= 0.6 is 0 Å². The fourth-order valence-electron chi connectivity index (χ4n) is 5.09. The van der Waals surface area contributed by atoms with Crippen molar-refractivity contribution in [3.63, 3.8) is 0 Å². The molecule has 3 atom stereocenters. The van der Waals surface area contributed by atoms with Gasteiger partial charge in [0.25, 0.3) is 17.7 Å². The number of likely N-dealkylation sites (tertiary alicyclic amines) is 1. The van der Waals surface area contributed by atoms with Crippen LogP contribution in [-0.4, -0.2) is 93.1 Å². The summed E-state index contributed by atoms with van der Waals surface area (Å²) < 4.78 is 10.5. The van der Waals surface area contributed by atoms with E-state index in [1.54, 1.807) is 42.1 Å². The molecule has 0 spiro atoms. The first kappa shape index (κ1) is 29.8. The summed E-state index contributed by atoms with van der Waals surface area (Å²) in [5, 5.41) is 14.4. The van der Waals surface area contributed by atoms with Gasteiger partial charge in [-0.2, -0.15) is 0 Å². The second-order valence-electron chi connectivity index (χ2n) is 10.8. The molecule has 1 unspecified atom stereocenters. The number of carbonyl (C=O) groups is 3. The van der Waals surface area contributed by atoms with E-state index in [-0.39, 0.29) is 48.2 Å². The van der Waals surface area contributed by atoms with E-state index in [0.29, 0.717) is 30.2 Å². The lowest BCUT2D eigenvalue weighted by Gasteiger charge is -2.28. The maximum atomic E-state index is 13.8. The highest BCUT2D eigenvalue weighted by molar-refractivity contribution is 5.94. The quantitative estimate of drug-likeness (QED) is 0.381. The fraction of sp³-hybridized carbons (Fsp3) is 0.483. The molecule has 3 aromatic rings. The highest BCUT2D eigenvalue weighted by Gasteiger charge is 2.42. The number of aromatic nitrogens is 3. The van der Waals surface area contributed by atoms with E-state index < -0.39 is 18.1 Å². The number of carbonyl (C=O) groups excluding carboxylic acids is 3. The summed E-state index contributed by atoms with van der Waals surface area (Å²) >= 11 is 0. The largest absolute Gasteiger partial charge is 0.479 e. The van der Waals surface area contributed by atoms with Gasteiger partial charge in [0.1, 0.15) is 17.4 Å². The Morgan fingerprint density at radius 3 is 2.49 bits per heavy atom. The Labute approximate surface area is 239 Å². The molecule has 12 heteroatoms. The van der Waals surface area contributed by atoms with Crippen LogP contribution in [0.4, 0.5) is 0 Å². The number of amides is 3. The van der Waals surface area contributed by atoms with E-state index in [4.69, 9.17) is 9.26 Å². The molecular formula is C29H38N6O6. The molecule has 0 saturated carbocycles. The number of rotatable bonds is 10. The first-order valence-electron chi connectivity index (χ1n) is 13.7. The lowest BCUT2D eigenvalue weighted by Crippen LogP contribution is -2.37. The molecule has 3 heterocycles. The van der Waals surface area contributed by atoms with Crippen molar-refractivity contribution in [2.45, 2.75) is 51.8 Å². The minimum Gasteiger partial charge on any atom is -0.479 e. The van der Waals surface area contributed by atoms with Crippen LogP contribution < -0.4 is 4.74 Å². The number of hydrogen-bond acceptors (Lipinski definition) is 8. The zero-order valence-corrected chi connectivity index (χ0v) is 24.3. The van der Waals surface area contributed by atoms with Crippen molar-refractivity contribution in [1.29, 1.82) is 0 Å². The standard InChI is InChI=1S/C29H38N6O6/c1-7-34(15-18-8-10-19(11-9-18)27(37)33(4)5)28(38)21-14-30-26(31-21)22-12-20(36)16-35(22)29(39)25(17(2)3)23-13-24(40-6)32-41-23/h8-11,13-14,17,20,22,25,36H,7,12,15-16H2,1-6H3,(H,30,31)/t20-,22+,25?/m1/s1. The van der Waals surface area contributed by atoms with Crippen molar-refractivity contribution in [2.75, 3.05) is 34.3 Å². The third kappa shape index (κ3) is 6.43. The second kappa shape index (κ2) is 12.5. The van der Waals surface area contributed by atoms with E-state index >= 15 is 0 Å². The van der Waals surface area contributed by atoms with Crippen molar-refractivity contribution < 1.29 is 28.8 Å². The predicted octanol–water partition coefficient (Wildman–Crippen LogP) is 2.84. The van der Waals surface area contributed by atoms with Crippen molar-refractivity contribution in [3.8, 4) is 5.88 Å². The lowest BCUT2D eigenvalue weighted by molar-refractivity contribution is -0.135. The summed E-state index contributed by atoms with van der Waals surface area (Å²) in [6, 6.07) is 8.23. The van der Waals surface area contributed by atoms with E-state index in [0.717, 1.165) is 5.56 Å². The molecule has 220 valence electrons. The molecule has 2 aromatic heterocycles. The average molecular weight is 567 g/mol. The van der Waals surface area contributed by atoms with Gasteiger partial charge in [0.15, 0.2) is 5.76 Å². The number of aromatic amines is 1. The third-order valence-corrected chi connectivity index (χ3v) is 7.31. The van der Waals surface area contributed by atoms with Gasteiger partial charge in [-0.1, -0.05) is 26.0 Å².